The van der Waals surface area contributed by atoms with E-state index >= 15 is 0 Å². The van der Waals surface area contributed by atoms with Gasteiger partial charge in [0.15, 0.2) is 0 Å². The van der Waals surface area contributed by atoms with E-state index in [4.69, 9.17) is 9.47 Å². The molecule has 0 spiro atoms. The van der Waals surface area contributed by atoms with Crippen molar-refractivity contribution in [2.75, 3.05) is 7.11 Å². The van der Waals surface area contributed by atoms with E-state index in [1.54, 1.807) is 7.11 Å². The highest BCUT2D eigenvalue weighted by atomic mass is 16.5. The summed E-state index contributed by atoms with van der Waals surface area (Å²) in [6.07, 6.45) is 4.91. The number of benzene rings is 2. The summed E-state index contributed by atoms with van der Waals surface area (Å²) in [4.78, 5) is 0. The highest BCUT2D eigenvalue weighted by molar-refractivity contribution is 5.38. The van der Waals surface area contributed by atoms with E-state index in [1.807, 2.05) is 85.8 Å². The van der Waals surface area contributed by atoms with Crippen molar-refractivity contribution in [2.24, 2.45) is 0 Å². The Morgan fingerprint density at radius 1 is 1.04 bits per heavy atom. The van der Waals surface area contributed by atoms with E-state index in [9.17, 15) is 5.11 Å². The van der Waals surface area contributed by atoms with Crippen LogP contribution >= 0.6 is 0 Å². The molecule has 0 heterocycles. The molecule has 1 N–H and O–H groups in total. The summed E-state index contributed by atoms with van der Waals surface area (Å²) < 4.78 is 11.8. The van der Waals surface area contributed by atoms with Gasteiger partial charge in [-0.05, 0) is 35.8 Å². The van der Waals surface area contributed by atoms with Crippen molar-refractivity contribution in [3.8, 4) is 0 Å². The Balaban J connectivity index is 1.74. The Labute approximate surface area is 149 Å². The Morgan fingerprint density at radius 2 is 1.68 bits per heavy atom. The molecule has 25 heavy (non-hydrogen) atoms. The molecule has 2 aromatic carbocycles. The van der Waals surface area contributed by atoms with Gasteiger partial charge >= 0.3 is 0 Å². The van der Waals surface area contributed by atoms with Crippen molar-refractivity contribution < 1.29 is 14.6 Å². The molecule has 0 bridgehead atoms. The van der Waals surface area contributed by atoms with E-state index in [2.05, 4.69) is 0 Å². The maximum atomic E-state index is 10.6. The Bertz CT molecular complexity index is 736. The SMILES string of the molecule is COC1C=C(C(O)c2ccccc2)C=CC1(C)OCc1ccccc1. The van der Waals surface area contributed by atoms with Crippen molar-refractivity contribution in [3.05, 3.63) is 95.6 Å². The van der Waals surface area contributed by atoms with Gasteiger partial charge in [0.2, 0.25) is 0 Å². The molecule has 2 aromatic rings. The van der Waals surface area contributed by atoms with Gasteiger partial charge in [0.25, 0.3) is 0 Å². The molecule has 0 saturated carbocycles. The lowest BCUT2D eigenvalue weighted by molar-refractivity contribution is -0.0865. The van der Waals surface area contributed by atoms with E-state index < -0.39 is 11.7 Å². The lowest BCUT2D eigenvalue weighted by atomic mass is 9.87. The third-order valence-electron chi connectivity index (χ3n) is 4.59. The molecule has 0 aliphatic heterocycles. The number of rotatable bonds is 6. The highest BCUT2D eigenvalue weighted by Gasteiger charge is 2.35. The fraction of sp³-hybridized carbons (Fsp3) is 0.273. The number of methoxy groups -OCH3 is 1. The second-order valence-electron chi connectivity index (χ2n) is 6.43. The van der Waals surface area contributed by atoms with Gasteiger partial charge in [-0.2, -0.15) is 0 Å². The average molecular weight is 336 g/mol. The second-order valence-corrected chi connectivity index (χ2v) is 6.43. The predicted molar refractivity (Wildman–Crippen MR) is 99.1 cm³/mol. The summed E-state index contributed by atoms with van der Waals surface area (Å²) in [7, 11) is 1.66. The van der Waals surface area contributed by atoms with Crippen LogP contribution in [0.5, 0.6) is 0 Å². The first-order valence-corrected chi connectivity index (χ1v) is 8.47. The monoisotopic (exact) mass is 336 g/mol. The molecule has 0 aromatic heterocycles. The molecule has 0 saturated heterocycles. The minimum atomic E-state index is -0.672. The fourth-order valence-corrected chi connectivity index (χ4v) is 3.01. The standard InChI is InChI=1S/C22H24O3/c1-22(25-16-17-9-5-3-6-10-17)14-13-19(15-20(22)24-2)21(23)18-11-7-4-8-12-18/h3-15,20-21,23H,16H2,1-2H3. The van der Waals surface area contributed by atoms with Gasteiger partial charge in [0, 0.05) is 7.11 Å². The maximum Gasteiger partial charge on any atom is 0.114 e. The second kappa shape index (κ2) is 7.79. The van der Waals surface area contributed by atoms with Crippen LogP contribution in [0, 0.1) is 0 Å². The minimum absolute atomic E-state index is 0.269. The smallest absolute Gasteiger partial charge is 0.114 e. The third-order valence-corrected chi connectivity index (χ3v) is 4.59. The van der Waals surface area contributed by atoms with Gasteiger partial charge in [-0.25, -0.2) is 0 Å². The lowest BCUT2D eigenvalue weighted by Gasteiger charge is -2.36. The van der Waals surface area contributed by atoms with Crippen LogP contribution in [-0.2, 0) is 16.1 Å². The Morgan fingerprint density at radius 3 is 2.32 bits per heavy atom. The van der Waals surface area contributed by atoms with Crippen LogP contribution < -0.4 is 0 Å². The number of ether oxygens (including phenoxy) is 2. The van der Waals surface area contributed by atoms with Crippen LogP contribution in [0.2, 0.25) is 0 Å². The third kappa shape index (κ3) is 4.07. The molecule has 3 rings (SSSR count). The Kier molecular flexibility index (Phi) is 5.49. The first-order chi connectivity index (χ1) is 12.1. The normalized spacial score (nSPS) is 24.0. The predicted octanol–water partition coefficient (Wildman–Crippen LogP) is 4.21. The van der Waals surface area contributed by atoms with Gasteiger partial charge in [-0.15, -0.1) is 0 Å². The number of hydrogen-bond acceptors (Lipinski definition) is 3. The largest absolute Gasteiger partial charge is 0.384 e. The van der Waals surface area contributed by atoms with Crippen molar-refractivity contribution in [3.63, 3.8) is 0 Å². The quantitative estimate of drug-likeness (QED) is 0.859. The molecule has 1 aliphatic carbocycles. The number of hydrogen-bond donors (Lipinski definition) is 1. The summed E-state index contributed by atoms with van der Waals surface area (Å²) in [6.45, 7) is 2.51. The molecule has 130 valence electrons. The van der Waals surface area contributed by atoms with Crippen LogP contribution in [0.25, 0.3) is 0 Å². The Hall–Kier alpha value is -2.20. The lowest BCUT2D eigenvalue weighted by Crippen LogP contribution is -2.42. The van der Waals surface area contributed by atoms with Gasteiger partial charge in [-0.3, -0.25) is 0 Å². The minimum Gasteiger partial charge on any atom is -0.384 e. The number of aliphatic hydroxyl groups is 1. The zero-order valence-corrected chi connectivity index (χ0v) is 14.6. The fourth-order valence-electron chi connectivity index (χ4n) is 3.01. The van der Waals surface area contributed by atoms with Gasteiger partial charge in [0.1, 0.15) is 17.8 Å². The summed E-state index contributed by atoms with van der Waals surface area (Å²) in [5.41, 5.74) is 2.22. The molecule has 1 aliphatic rings. The molecule has 0 radical (unpaired) electrons. The van der Waals surface area contributed by atoms with Crippen molar-refractivity contribution in [1.82, 2.24) is 0 Å². The first-order valence-electron chi connectivity index (χ1n) is 8.47. The molecule has 3 unspecified atom stereocenters. The molecule has 0 amide bonds. The highest BCUT2D eigenvalue weighted by Crippen LogP contribution is 2.33. The number of aliphatic hydroxyl groups excluding tert-OH is 1. The molecular weight excluding hydrogens is 312 g/mol. The zero-order chi connectivity index (χ0) is 17.7. The van der Waals surface area contributed by atoms with E-state index in [-0.39, 0.29) is 6.10 Å². The maximum absolute atomic E-state index is 10.6. The van der Waals surface area contributed by atoms with Crippen LogP contribution in [0.15, 0.2) is 84.5 Å². The molecule has 0 fully saturated rings. The van der Waals surface area contributed by atoms with Crippen LogP contribution in [-0.4, -0.2) is 23.9 Å². The van der Waals surface area contributed by atoms with Crippen molar-refractivity contribution in [1.29, 1.82) is 0 Å². The van der Waals surface area contributed by atoms with Gasteiger partial charge < -0.3 is 14.6 Å². The molecular formula is C22H24O3. The van der Waals surface area contributed by atoms with E-state index in [0.717, 1.165) is 16.7 Å². The first kappa shape index (κ1) is 17.6. The summed E-state index contributed by atoms with van der Waals surface area (Å²) in [5, 5.41) is 10.6. The van der Waals surface area contributed by atoms with Crippen molar-refractivity contribution in [2.45, 2.75) is 31.3 Å². The average Bonchev–Trinajstić information content (AvgIpc) is 2.68. The van der Waals surface area contributed by atoms with Gasteiger partial charge in [-0.1, -0.05) is 66.7 Å². The van der Waals surface area contributed by atoms with Crippen LogP contribution in [0.3, 0.4) is 0 Å². The topological polar surface area (TPSA) is 38.7 Å². The molecule has 3 atom stereocenters. The van der Waals surface area contributed by atoms with Crippen LogP contribution in [0.1, 0.15) is 24.2 Å². The van der Waals surface area contributed by atoms with E-state index in [1.165, 1.54) is 0 Å². The van der Waals surface area contributed by atoms with Crippen molar-refractivity contribution >= 4 is 0 Å². The molecule has 3 heteroatoms. The summed E-state index contributed by atoms with van der Waals surface area (Å²) in [6, 6.07) is 19.7. The van der Waals surface area contributed by atoms with Crippen LogP contribution in [0.4, 0.5) is 0 Å². The van der Waals surface area contributed by atoms with Gasteiger partial charge in [0.05, 0.1) is 6.61 Å². The molecule has 3 nitrogen and oxygen atoms in total. The van der Waals surface area contributed by atoms with E-state index in [0.29, 0.717) is 6.61 Å². The zero-order valence-electron chi connectivity index (χ0n) is 14.6. The summed E-state index contributed by atoms with van der Waals surface area (Å²) >= 11 is 0. The summed E-state index contributed by atoms with van der Waals surface area (Å²) in [5.74, 6) is 0.